The van der Waals surface area contributed by atoms with E-state index in [2.05, 4.69) is 22.9 Å². The van der Waals surface area contributed by atoms with Crippen molar-refractivity contribution in [1.29, 1.82) is 0 Å². The first-order valence-electron chi connectivity index (χ1n) is 5.36. The molecule has 0 aliphatic rings. The zero-order valence-electron chi connectivity index (χ0n) is 9.58. The molecule has 0 rings (SSSR count). The summed E-state index contributed by atoms with van der Waals surface area (Å²) in [5.74, 6) is 5.58. The second-order valence-electron chi connectivity index (χ2n) is 3.48. The quantitative estimate of drug-likeness (QED) is 0.384. The minimum Gasteiger partial charge on any atom is -0.257 e. The molecule has 88 valence electrons. The number of rotatable bonds is 7. The summed E-state index contributed by atoms with van der Waals surface area (Å²) in [5.41, 5.74) is 0. The Kier molecular flexibility index (Phi) is 8.44. The molecule has 0 amide bonds. The Morgan fingerprint density at radius 3 is 2.33 bits per heavy atom. The predicted molar refractivity (Wildman–Crippen MR) is 61.9 cm³/mol. The van der Waals surface area contributed by atoms with Gasteiger partial charge in [0.2, 0.25) is 0 Å². The lowest BCUT2D eigenvalue weighted by Gasteiger charge is -1.95. The average Bonchev–Trinajstić information content (AvgIpc) is 2.14. The summed E-state index contributed by atoms with van der Waals surface area (Å²) in [6, 6.07) is 0. The molecule has 0 aliphatic heterocycles. The monoisotopic (exact) mass is 232 g/mol. The van der Waals surface area contributed by atoms with E-state index in [9.17, 15) is 8.42 Å². The summed E-state index contributed by atoms with van der Waals surface area (Å²) in [5, 5.41) is 0. The van der Waals surface area contributed by atoms with Gasteiger partial charge in [0.25, 0.3) is 10.1 Å². The van der Waals surface area contributed by atoms with Gasteiger partial charge in [0.05, 0.1) is 6.26 Å². The van der Waals surface area contributed by atoms with Crippen LogP contribution in [-0.2, 0) is 14.3 Å². The van der Waals surface area contributed by atoms with Gasteiger partial charge >= 0.3 is 0 Å². The highest BCUT2D eigenvalue weighted by molar-refractivity contribution is 7.85. The van der Waals surface area contributed by atoms with Crippen molar-refractivity contribution >= 4 is 10.1 Å². The van der Waals surface area contributed by atoms with Crippen LogP contribution in [0, 0.1) is 11.8 Å². The zero-order valence-corrected chi connectivity index (χ0v) is 10.4. The first-order valence-corrected chi connectivity index (χ1v) is 7.18. The maximum Gasteiger partial charge on any atom is 0.265 e. The standard InChI is InChI=1S/C11H20O3S/c1-3-4-5-6-7-8-9-10-11-14-15(2,12)13/h3-8,11H2,1-2H3. The van der Waals surface area contributed by atoms with E-state index in [-0.39, 0.29) is 6.61 Å². The molecule has 0 atom stereocenters. The molecule has 0 bridgehead atoms. The molecule has 0 aromatic rings. The third-order valence-corrected chi connectivity index (χ3v) is 2.42. The third-order valence-electron chi connectivity index (χ3n) is 1.88. The van der Waals surface area contributed by atoms with Gasteiger partial charge in [-0.3, -0.25) is 4.18 Å². The van der Waals surface area contributed by atoms with Crippen molar-refractivity contribution in [3.63, 3.8) is 0 Å². The highest BCUT2D eigenvalue weighted by Gasteiger charge is 1.96. The minimum absolute atomic E-state index is 0.0200. The molecule has 0 radical (unpaired) electrons. The minimum atomic E-state index is -3.33. The van der Waals surface area contributed by atoms with Crippen LogP contribution < -0.4 is 0 Å². The molecule has 15 heavy (non-hydrogen) atoms. The largest absolute Gasteiger partial charge is 0.265 e. The second kappa shape index (κ2) is 8.75. The molecule has 0 saturated heterocycles. The van der Waals surface area contributed by atoms with Crippen LogP contribution in [0.4, 0.5) is 0 Å². The Bertz CT molecular complexity index is 296. The lowest BCUT2D eigenvalue weighted by Crippen LogP contribution is -2.02. The fraction of sp³-hybridized carbons (Fsp3) is 0.818. The summed E-state index contributed by atoms with van der Waals surface area (Å²) >= 11 is 0. The van der Waals surface area contributed by atoms with Crippen molar-refractivity contribution in [1.82, 2.24) is 0 Å². The van der Waals surface area contributed by atoms with Crippen molar-refractivity contribution < 1.29 is 12.6 Å². The van der Waals surface area contributed by atoms with Crippen LogP contribution in [0.25, 0.3) is 0 Å². The van der Waals surface area contributed by atoms with E-state index in [0.29, 0.717) is 0 Å². The second-order valence-corrected chi connectivity index (χ2v) is 5.13. The summed E-state index contributed by atoms with van der Waals surface area (Å²) in [4.78, 5) is 0. The molecule has 0 aliphatic carbocycles. The van der Waals surface area contributed by atoms with Crippen LogP contribution in [0.2, 0.25) is 0 Å². The lowest BCUT2D eigenvalue weighted by molar-refractivity contribution is 0.367. The smallest absolute Gasteiger partial charge is 0.257 e. The SMILES string of the molecule is CCCCCCCC#CCOS(C)(=O)=O. The Morgan fingerprint density at radius 1 is 1.07 bits per heavy atom. The molecule has 0 unspecified atom stereocenters. The Hall–Kier alpha value is -0.530. The summed E-state index contributed by atoms with van der Waals surface area (Å²) < 4.78 is 25.6. The van der Waals surface area contributed by atoms with Crippen molar-refractivity contribution in [2.45, 2.75) is 45.4 Å². The van der Waals surface area contributed by atoms with Gasteiger partial charge < -0.3 is 0 Å². The Balaban J connectivity index is 3.32. The van der Waals surface area contributed by atoms with E-state index in [1.807, 2.05) is 0 Å². The van der Waals surface area contributed by atoms with Crippen molar-refractivity contribution in [2.75, 3.05) is 12.9 Å². The van der Waals surface area contributed by atoms with Crippen molar-refractivity contribution in [3.8, 4) is 11.8 Å². The fourth-order valence-electron chi connectivity index (χ4n) is 1.09. The van der Waals surface area contributed by atoms with Crippen LogP contribution in [-0.4, -0.2) is 21.3 Å². The molecule has 0 aromatic carbocycles. The first kappa shape index (κ1) is 14.5. The lowest BCUT2D eigenvalue weighted by atomic mass is 10.1. The molecule has 0 spiro atoms. The Morgan fingerprint density at radius 2 is 1.73 bits per heavy atom. The molecular weight excluding hydrogens is 212 g/mol. The summed E-state index contributed by atoms with van der Waals surface area (Å²) in [7, 11) is -3.33. The third kappa shape index (κ3) is 13.5. The zero-order chi connectivity index (χ0) is 11.6. The molecule has 0 aromatic heterocycles. The Labute approximate surface area is 93.3 Å². The number of hydrogen-bond donors (Lipinski definition) is 0. The van der Waals surface area contributed by atoms with Gasteiger partial charge in [0, 0.05) is 6.42 Å². The van der Waals surface area contributed by atoms with E-state index in [4.69, 9.17) is 0 Å². The topological polar surface area (TPSA) is 43.4 Å². The molecule has 4 heteroatoms. The highest BCUT2D eigenvalue weighted by atomic mass is 32.2. The first-order chi connectivity index (χ1) is 7.06. The van der Waals surface area contributed by atoms with E-state index in [1.165, 1.54) is 25.7 Å². The van der Waals surface area contributed by atoms with Gasteiger partial charge in [0.15, 0.2) is 0 Å². The molecule has 0 saturated carbocycles. The maximum absolute atomic E-state index is 10.5. The van der Waals surface area contributed by atoms with Crippen LogP contribution in [0.5, 0.6) is 0 Å². The molecular formula is C11H20O3S. The molecule has 3 nitrogen and oxygen atoms in total. The normalized spacial score (nSPS) is 10.8. The summed E-state index contributed by atoms with van der Waals surface area (Å²) in [6.45, 7) is 2.16. The number of hydrogen-bond acceptors (Lipinski definition) is 3. The van der Waals surface area contributed by atoms with E-state index >= 15 is 0 Å². The predicted octanol–water partition coefficient (Wildman–Crippen LogP) is 2.33. The van der Waals surface area contributed by atoms with Crippen LogP contribution in [0.15, 0.2) is 0 Å². The van der Waals surface area contributed by atoms with Gasteiger partial charge in [-0.15, -0.1) is 5.92 Å². The number of unbranched alkanes of at least 4 members (excludes halogenated alkanes) is 5. The van der Waals surface area contributed by atoms with Crippen LogP contribution >= 0.6 is 0 Å². The summed E-state index contributed by atoms with van der Waals surface area (Å²) in [6.07, 6.45) is 7.94. The van der Waals surface area contributed by atoms with Gasteiger partial charge in [-0.25, -0.2) is 0 Å². The molecule has 0 N–H and O–H groups in total. The maximum atomic E-state index is 10.5. The highest BCUT2D eigenvalue weighted by Crippen LogP contribution is 2.03. The van der Waals surface area contributed by atoms with Gasteiger partial charge in [0.1, 0.15) is 6.61 Å². The molecule has 0 heterocycles. The van der Waals surface area contributed by atoms with Gasteiger partial charge in [-0.2, -0.15) is 8.42 Å². The van der Waals surface area contributed by atoms with E-state index in [1.54, 1.807) is 0 Å². The van der Waals surface area contributed by atoms with Crippen molar-refractivity contribution in [3.05, 3.63) is 0 Å². The van der Waals surface area contributed by atoms with Crippen molar-refractivity contribution in [2.24, 2.45) is 0 Å². The van der Waals surface area contributed by atoms with Crippen LogP contribution in [0.3, 0.4) is 0 Å². The average molecular weight is 232 g/mol. The van der Waals surface area contributed by atoms with Gasteiger partial charge in [-0.05, 0) is 6.42 Å². The van der Waals surface area contributed by atoms with E-state index in [0.717, 1.165) is 19.1 Å². The van der Waals surface area contributed by atoms with Gasteiger partial charge in [-0.1, -0.05) is 38.5 Å². The fourth-order valence-corrected chi connectivity index (χ4v) is 1.37. The van der Waals surface area contributed by atoms with Crippen LogP contribution in [0.1, 0.15) is 45.4 Å². The van der Waals surface area contributed by atoms with E-state index < -0.39 is 10.1 Å². The molecule has 0 fully saturated rings.